The molecule has 0 aliphatic carbocycles. The minimum atomic E-state index is -3.64. The van der Waals surface area contributed by atoms with Gasteiger partial charge in [0.25, 0.3) is 15.9 Å². The van der Waals surface area contributed by atoms with Gasteiger partial charge in [0.15, 0.2) is 0 Å². The lowest BCUT2D eigenvalue weighted by molar-refractivity contribution is 0.0951. The second kappa shape index (κ2) is 8.24. The molecule has 0 fully saturated rings. The number of aryl methyl sites for hydroxylation is 1. The van der Waals surface area contributed by atoms with Gasteiger partial charge in [0, 0.05) is 23.1 Å². The van der Waals surface area contributed by atoms with Crippen LogP contribution in [0, 0.1) is 6.92 Å². The van der Waals surface area contributed by atoms with E-state index in [1.807, 2.05) is 31.2 Å². The number of halogens is 1. The zero-order valence-electron chi connectivity index (χ0n) is 16.4. The molecule has 154 valence electrons. The van der Waals surface area contributed by atoms with Crippen LogP contribution in [0.15, 0.2) is 76.1 Å². The molecule has 1 N–H and O–H groups in total. The highest BCUT2D eigenvalue weighted by molar-refractivity contribution is 9.10. The Morgan fingerprint density at radius 1 is 1.03 bits per heavy atom. The molecule has 0 atom stereocenters. The maximum atomic E-state index is 13.0. The lowest BCUT2D eigenvalue weighted by Crippen LogP contribution is -2.29. The summed E-state index contributed by atoms with van der Waals surface area (Å²) in [4.78, 5) is 12.8. The third kappa shape index (κ3) is 4.13. The van der Waals surface area contributed by atoms with Gasteiger partial charge in [-0.2, -0.15) is 0 Å². The highest BCUT2D eigenvalue weighted by atomic mass is 79.9. The summed E-state index contributed by atoms with van der Waals surface area (Å²) in [6, 6.07) is 19.8. The maximum Gasteiger partial charge on any atom is 0.264 e. The first-order valence-electron chi connectivity index (χ1n) is 9.59. The lowest BCUT2D eigenvalue weighted by atomic mass is 10.1. The Morgan fingerprint density at radius 2 is 1.73 bits per heavy atom. The molecule has 0 aromatic heterocycles. The van der Waals surface area contributed by atoms with E-state index in [2.05, 4.69) is 21.2 Å². The number of hydrogen-bond donors (Lipinski definition) is 1. The van der Waals surface area contributed by atoms with Crippen LogP contribution >= 0.6 is 15.9 Å². The van der Waals surface area contributed by atoms with Crippen LogP contribution in [-0.2, 0) is 23.0 Å². The molecule has 3 aromatic rings. The molecule has 0 saturated heterocycles. The minimum absolute atomic E-state index is 0.174. The highest BCUT2D eigenvalue weighted by Gasteiger charge is 2.31. The number of carbonyl (C=O) groups is 1. The van der Waals surface area contributed by atoms with Crippen molar-refractivity contribution in [1.82, 2.24) is 5.32 Å². The van der Waals surface area contributed by atoms with Crippen LogP contribution < -0.4 is 9.62 Å². The van der Waals surface area contributed by atoms with Crippen molar-refractivity contribution in [2.75, 3.05) is 10.8 Å². The van der Waals surface area contributed by atoms with E-state index >= 15 is 0 Å². The predicted molar refractivity (Wildman–Crippen MR) is 121 cm³/mol. The number of rotatable bonds is 5. The van der Waals surface area contributed by atoms with Crippen LogP contribution in [0.3, 0.4) is 0 Å². The first-order valence-corrected chi connectivity index (χ1v) is 11.8. The van der Waals surface area contributed by atoms with Crippen molar-refractivity contribution in [3.63, 3.8) is 0 Å². The zero-order valence-corrected chi connectivity index (χ0v) is 18.8. The Labute approximate surface area is 184 Å². The predicted octanol–water partition coefficient (Wildman–Crippen LogP) is 4.44. The van der Waals surface area contributed by atoms with E-state index in [9.17, 15) is 13.2 Å². The molecular weight excluding hydrogens is 464 g/mol. The second-order valence-electron chi connectivity index (χ2n) is 7.29. The fourth-order valence-electron chi connectivity index (χ4n) is 3.49. The van der Waals surface area contributed by atoms with Crippen molar-refractivity contribution < 1.29 is 13.2 Å². The van der Waals surface area contributed by atoms with E-state index in [0.29, 0.717) is 30.8 Å². The highest BCUT2D eigenvalue weighted by Crippen LogP contribution is 2.33. The Balaban J connectivity index is 1.51. The number of nitrogens with one attached hydrogen (secondary N) is 1. The van der Waals surface area contributed by atoms with E-state index in [0.717, 1.165) is 15.6 Å². The molecule has 4 rings (SSSR count). The second-order valence-corrected chi connectivity index (χ2v) is 10.1. The van der Waals surface area contributed by atoms with Crippen molar-refractivity contribution in [3.8, 4) is 0 Å². The molecule has 30 heavy (non-hydrogen) atoms. The van der Waals surface area contributed by atoms with E-state index < -0.39 is 10.0 Å². The van der Waals surface area contributed by atoms with Crippen molar-refractivity contribution in [3.05, 3.63) is 93.5 Å². The number of hydrogen-bond acceptors (Lipinski definition) is 3. The van der Waals surface area contributed by atoms with Gasteiger partial charge in [-0.1, -0.05) is 45.8 Å². The number of anilines is 1. The smallest absolute Gasteiger partial charge is 0.264 e. The van der Waals surface area contributed by atoms with Crippen molar-refractivity contribution >= 4 is 37.5 Å². The van der Waals surface area contributed by atoms with Crippen LogP contribution in [0.25, 0.3) is 0 Å². The number of fused-ring (bicyclic) bond motifs is 1. The fourth-order valence-corrected chi connectivity index (χ4v) is 5.25. The van der Waals surface area contributed by atoms with Crippen LogP contribution in [0.1, 0.15) is 27.0 Å². The van der Waals surface area contributed by atoms with Gasteiger partial charge in [-0.05, 0) is 66.9 Å². The standard InChI is InChI=1S/C23H21BrN2O3S/c1-16-2-4-17(5-3-16)15-25-23(27)19-6-11-22-18(14-19)12-13-26(22)30(28,29)21-9-7-20(24)8-10-21/h2-11,14H,12-13,15H2,1H3,(H,25,27). The lowest BCUT2D eigenvalue weighted by Gasteiger charge is -2.20. The largest absolute Gasteiger partial charge is 0.348 e. The number of carbonyl (C=O) groups excluding carboxylic acids is 1. The zero-order chi connectivity index (χ0) is 21.3. The van der Waals surface area contributed by atoms with Gasteiger partial charge in [0.05, 0.1) is 10.6 Å². The van der Waals surface area contributed by atoms with Gasteiger partial charge in [0.2, 0.25) is 0 Å². The minimum Gasteiger partial charge on any atom is -0.348 e. The Kier molecular flexibility index (Phi) is 5.66. The first kappa shape index (κ1) is 20.6. The molecule has 1 aliphatic rings. The van der Waals surface area contributed by atoms with Gasteiger partial charge in [-0.25, -0.2) is 8.42 Å². The molecule has 3 aromatic carbocycles. The average Bonchev–Trinajstić information content (AvgIpc) is 3.17. The molecule has 5 nitrogen and oxygen atoms in total. The Bertz CT molecular complexity index is 1190. The normalized spacial score (nSPS) is 13.2. The summed E-state index contributed by atoms with van der Waals surface area (Å²) in [6.45, 7) is 2.83. The third-order valence-corrected chi connectivity index (χ3v) is 7.53. The molecule has 0 spiro atoms. The molecule has 1 aliphatic heterocycles. The van der Waals surface area contributed by atoms with Crippen LogP contribution in [0.2, 0.25) is 0 Å². The SMILES string of the molecule is Cc1ccc(CNC(=O)c2ccc3c(c2)CCN3S(=O)(=O)c2ccc(Br)cc2)cc1. The average molecular weight is 485 g/mol. The summed E-state index contributed by atoms with van der Waals surface area (Å²) in [5.41, 5.74) is 4.23. The topological polar surface area (TPSA) is 66.5 Å². The van der Waals surface area contributed by atoms with Gasteiger partial charge in [-0.3, -0.25) is 9.10 Å². The summed E-state index contributed by atoms with van der Waals surface area (Å²) in [6.07, 6.45) is 0.574. The number of sulfonamides is 1. The summed E-state index contributed by atoms with van der Waals surface area (Å²) >= 11 is 3.33. The van der Waals surface area contributed by atoms with Gasteiger partial charge in [-0.15, -0.1) is 0 Å². The van der Waals surface area contributed by atoms with E-state index in [1.165, 1.54) is 9.87 Å². The Morgan fingerprint density at radius 3 is 2.43 bits per heavy atom. The number of benzene rings is 3. The molecule has 0 bridgehead atoms. The molecule has 0 radical (unpaired) electrons. The summed E-state index contributed by atoms with van der Waals surface area (Å²) in [5.74, 6) is -0.174. The van der Waals surface area contributed by atoms with E-state index in [1.54, 1.807) is 42.5 Å². The summed E-state index contributed by atoms with van der Waals surface area (Å²) in [5, 5.41) is 2.92. The fraction of sp³-hybridized carbons (Fsp3) is 0.174. The molecule has 0 unspecified atom stereocenters. The molecule has 1 heterocycles. The molecule has 7 heteroatoms. The van der Waals surface area contributed by atoms with Crippen molar-refractivity contribution in [1.29, 1.82) is 0 Å². The van der Waals surface area contributed by atoms with Gasteiger partial charge in [0.1, 0.15) is 0 Å². The maximum absolute atomic E-state index is 13.0. The molecule has 1 amide bonds. The van der Waals surface area contributed by atoms with Crippen LogP contribution in [0.4, 0.5) is 5.69 Å². The molecule has 0 saturated carbocycles. The van der Waals surface area contributed by atoms with Gasteiger partial charge < -0.3 is 5.32 Å². The van der Waals surface area contributed by atoms with Crippen molar-refractivity contribution in [2.45, 2.75) is 24.8 Å². The summed E-state index contributed by atoms with van der Waals surface area (Å²) < 4.78 is 28.3. The number of amides is 1. The van der Waals surface area contributed by atoms with Crippen molar-refractivity contribution in [2.24, 2.45) is 0 Å². The quantitative estimate of drug-likeness (QED) is 0.581. The van der Waals surface area contributed by atoms with E-state index in [4.69, 9.17) is 0 Å². The monoisotopic (exact) mass is 484 g/mol. The Hall–Kier alpha value is -2.64. The summed E-state index contributed by atoms with van der Waals surface area (Å²) in [7, 11) is -3.64. The number of nitrogens with zero attached hydrogens (tertiary/aromatic N) is 1. The third-order valence-electron chi connectivity index (χ3n) is 5.17. The van der Waals surface area contributed by atoms with E-state index in [-0.39, 0.29) is 10.8 Å². The first-order chi connectivity index (χ1) is 14.3. The molecular formula is C23H21BrN2O3S. The van der Waals surface area contributed by atoms with Gasteiger partial charge >= 0.3 is 0 Å². The van der Waals surface area contributed by atoms with Crippen LogP contribution in [-0.4, -0.2) is 20.9 Å². The van der Waals surface area contributed by atoms with Crippen LogP contribution in [0.5, 0.6) is 0 Å².